The van der Waals surface area contributed by atoms with Gasteiger partial charge in [-0.25, -0.2) is 14.2 Å². The molecule has 2 heterocycles. The lowest BCUT2D eigenvalue weighted by molar-refractivity contribution is 0.630. The van der Waals surface area contributed by atoms with Crippen LogP contribution in [0.3, 0.4) is 0 Å². The molecule has 0 saturated carbocycles. The van der Waals surface area contributed by atoms with E-state index in [1.807, 2.05) is 0 Å². The minimum absolute atomic E-state index is 0.236. The van der Waals surface area contributed by atoms with Crippen molar-refractivity contribution in [3.63, 3.8) is 0 Å². The van der Waals surface area contributed by atoms with Gasteiger partial charge in [-0.15, -0.1) is 0 Å². The topological polar surface area (TPSA) is 63.0 Å². The van der Waals surface area contributed by atoms with Crippen LogP contribution in [-0.2, 0) is 0 Å². The van der Waals surface area contributed by atoms with Crippen LogP contribution < -0.4 is 5.69 Å². The first-order valence-electron chi connectivity index (χ1n) is 4.69. The maximum absolute atomic E-state index is 13.9. The SMILES string of the molecule is Cc1ccc2[nH]c(=O)n3ncnc3c2c1F. The summed E-state index contributed by atoms with van der Waals surface area (Å²) in [5.74, 6) is -0.383. The number of hydrogen-bond donors (Lipinski definition) is 1. The van der Waals surface area contributed by atoms with Gasteiger partial charge in [0.25, 0.3) is 0 Å². The van der Waals surface area contributed by atoms with Gasteiger partial charge in [-0.1, -0.05) is 6.07 Å². The zero-order valence-electron chi connectivity index (χ0n) is 8.36. The van der Waals surface area contributed by atoms with Crippen LogP contribution in [0.1, 0.15) is 5.56 Å². The van der Waals surface area contributed by atoms with E-state index in [1.165, 1.54) is 6.33 Å². The number of rotatable bonds is 0. The molecule has 2 aromatic heterocycles. The summed E-state index contributed by atoms with van der Waals surface area (Å²) in [6, 6.07) is 3.27. The first kappa shape index (κ1) is 9.02. The molecule has 0 fully saturated rings. The maximum Gasteiger partial charge on any atom is 0.348 e. The van der Waals surface area contributed by atoms with Crippen LogP contribution in [0.2, 0.25) is 0 Å². The van der Waals surface area contributed by atoms with Crippen molar-refractivity contribution in [2.24, 2.45) is 0 Å². The molecular weight excluding hydrogens is 211 g/mol. The Morgan fingerprint density at radius 3 is 3.06 bits per heavy atom. The lowest BCUT2D eigenvalue weighted by Gasteiger charge is -2.02. The third kappa shape index (κ3) is 1.01. The Kier molecular flexibility index (Phi) is 1.62. The number of H-pyrrole nitrogens is 1. The van der Waals surface area contributed by atoms with E-state index in [0.717, 1.165) is 4.52 Å². The first-order valence-corrected chi connectivity index (χ1v) is 4.69. The Labute approximate surface area is 88.6 Å². The summed E-state index contributed by atoms with van der Waals surface area (Å²) < 4.78 is 15.0. The minimum atomic E-state index is -0.428. The molecule has 1 N–H and O–H groups in total. The average molecular weight is 218 g/mol. The number of aryl methyl sites for hydroxylation is 1. The van der Waals surface area contributed by atoms with Gasteiger partial charge in [0.1, 0.15) is 12.1 Å². The van der Waals surface area contributed by atoms with E-state index in [0.29, 0.717) is 11.1 Å². The second-order valence-electron chi connectivity index (χ2n) is 3.54. The maximum atomic E-state index is 13.9. The zero-order valence-corrected chi connectivity index (χ0v) is 8.36. The molecule has 0 atom stereocenters. The molecule has 6 heteroatoms. The number of fused-ring (bicyclic) bond motifs is 3. The van der Waals surface area contributed by atoms with Crippen molar-refractivity contribution in [3.8, 4) is 0 Å². The predicted octanol–water partition coefficient (Wildman–Crippen LogP) is 1.02. The second-order valence-corrected chi connectivity index (χ2v) is 3.54. The largest absolute Gasteiger partial charge is 0.348 e. The second kappa shape index (κ2) is 2.88. The van der Waals surface area contributed by atoms with Gasteiger partial charge in [-0.05, 0) is 18.6 Å². The highest BCUT2D eigenvalue weighted by Gasteiger charge is 2.12. The Morgan fingerprint density at radius 2 is 2.25 bits per heavy atom. The van der Waals surface area contributed by atoms with Gasteiger partial charge in [-0.3, -0.25) is 0 Å². The number of hydrogen-bond acceptors (Lipinski definition) is 3. The van der Waals surface area contributed by atoms with E-state index in [1.54, 1.807) is 19.1 Å². The smallest absolute Gasteiger partial charge is 0.305 e. The van der Waals surface area contributed by atoms with Gasteiger partial charge < -0.3 is 4.98 Å². The highest BCUT2D eigenvalue weighted by molar-refractivity contribution is 5.91. The molecule has 0 bridgehead atoms. The molecule has 0 saturated heterocycles. The number of nitrogens with zero attached hydrogens (tertiary/aromatic N) is 3. The third-order valence-electron chi connectivity index (χ3n) is 2.54. The summed E-state index contributed by atoms with van der Waals surface area (Å²) in [4.78, 5) is 18.0. The molecule has 0 aliphatic heterocycles. The molecule has 0 aliphatic carbocycles. The Hall–Kier alpha value is -2.24. The first-order chi connectivity index (χ1) is 7.68. The van der Waals surface area contributed by atoms with Gasteiger partial charge in [0, 0.05) is 0 Å². The van der Waals surface area contributed by atoms with Crippen LogP contribution in [0.25, 0.3) is 16.6 Å². The Bertz CT molecular complexity index is 758. The molecule has 5 nitrogen and oxygen atoms in total. The predicted molar refractivity (Wildman–Crippen MR) is 55.8 cm³/mol. The molecule has 0 spiro atoms. The van der Waals surface area contributed by atoms with Crippen LogP contribution in [0, 0.1) is 12.7 Å². The van der Waals surface area contributed by atoms with Gasteiger partial charge in [0.15, 0.2) is 5.65 Å². The average Bonchev–Trinajstić information content (AvgIpc) is 2.73. The van der Waals surface area contributed by atoms with E-state index < -0.39 is 5.69 Å². The highest BCUT2D eigenvalue weighted by atomic mass is 19.1. The van der Waals surface area contributed by atoms with Gasteiger partial charge in [0.05, 0.1) is 10.9 Å². The number of aromatic nitrogens is 4. The van der Waals surface area contributed by atoms with E-state index in [4.69, 9.17) is 0 Å². The number of aromatic amines is 1. The van der Waals surface area contributed by atoms with Crippen LogP contribution in [-0.4, -0.2) is 19.6 Å². The van der Waals surface area contributed by atoms with E-state index in [2.05, 4.69) is 15.1 Å². The molecule has 3 aromatic rings. The molecule has 0 aliphatic rings. The molecule has 3 rings (SSSR count). The van der Waals surface area contributed by atoms with Gasteiger partial charge in [0.2, 0.25) is 0 Å². The zero-order chi connectivity index (χ0) is 11.3. The molecule has 0 unspecified atom stereocenters. The van der Waals surface area contributed by atoms with Crippen molar-refractivity contribution < 1.29 is 4.39 Å². The number of halogens is 1. The van der Waals surface area contributed by atoms with Crippen molar-refractivity contribution in [1.29, 1.82) is 0 Å². The standard InChI is InChI=1S/C10H7FN4O/c1-5-2-3-6-7(8(5)11)9-12-4-13-15(9)10(16)14-6/h2-4H,1H3,(H,14,16). The summed E-state index contributed by atoms with van der Waals surface area (Å²) in [7, 11) is 0. The number of benzene rings is 1. The summed E-state index contributed by atoms with van der Waals surface area (Å²) >= 11 is 0. The van der Waals surface area contributed by atoms with E-state index in [9.17, 15) is 9.18 Å². The highest BCUT2D eigenvalue weighted by Crippen LogP contribution is 2.20. The van der Waals surface area contributed by atoms with Crippen molar-refractivity contribution in [1.82, 2.24) is 19.6 Å². The summed E-state index contributed by atoms with van der Waals surface area (Å²) in [5, 5.41) is 4.02. The fourth-order valence-corrected chi connectivity index (χ4v) is 1.73. The van der Waals surface area contributed by atoms with Crippen LogP contribution in [0.4, 0.5) is 4.39 Å². The lowest BCUT2D eigenvalue weighted by atomic mass is 10.1. The lowest BCUT2D eigenvalue weighted by Crippen LogP contribution is -2.17. The van der Waals surface area contributed by atoms with E-state index in [-0.39, 0.29) is 16.9 Å². The van der Waals surface area contributed by atoms with Crippen molar-refractivity contribution in [3.05, 3.63) is 40.3 Å². The van der Waals surface area contributed by atoms with Crippen LogP contribution in [0.15, 0.2) is 23.3 Å². The van der Waals surface area contributed by atoms with Gasteiger partial charge in [-0.2, -0.15) is 9.61 Å². The minimum Gasteiger partial charge on any atom is -0.305 e. The third-order valence-corrected chi connectivity index (χ3v) is 2.54. The normalized spacial score (nSPS) is 11.4. The van der Waals surface area contributed by atoms with Gasteiger partial charge >= 0.3 is 5.69 Å². The quantitative estimate of drug-likeness (QED) is 0.612. The van der Waals surface area contributed by atoms with Crippen molar-refractivity contribution >= 4 is 16.6 Å². The van der Waals surface area contributed by atoms with Crippen molar-refractivity contribution in [2.75, 3.05) is 0 Å². The number of nitrogens with one attached hydrogen (secondary N) is 1. The Morgan fingerprint density at radius 1 is 1.44 bits per heavy atom. The molecule has 0 amide bonds. The molecule has 16 heavy (non-hydrogen) atoms. The summed E-state index contributed by atoms with van der Waals surface area (Å²) in [6.45, 7) is 1.66. The molecular formula is C10H7FN4O. The Balaban J connectivity index is 2.72. The molecule has 0 radical (unpaired) electrons. The van der Waals surface area contributed by atoms with Crippen LogP contribution >= 0.6 is 0 Å². The molecule has 80 valence electrons. The fraction of sp³-hybridized carbons (Fsp3) is 0.100. The van der Waals surface area contributed by atoms with E-state index >= 15 is 0 Å². The molecule has 1 aromatic carbocycles. The fourth-order valence-electron chi connectivity index (χ4n) is 1.73. The summed E-state index contributed by atoms with van der Waals surface area (Å²) in [5.41, 5.74) is 0.737. The summed E-state index contributed by atoms with van der Waals surface area (Å²) in [6.07, 6.45) is 1.23. The monoisotopic (exact) mass is 218 g/mol. The van der Waals surface area contributed by atoms with Crippen molar-refractivity contribution in [2.45, 2.75) is 6.92 Å². The van der Waals surface area contributed by atoms with Crippen LogP contribution in [0.5, 0.6) is 0 Å².